The Morgan fingerprint density at radius 3 is 2.34 bits per heavy atom. The van der Waals surface area contributed by atoms with E-state index in [4.69, 9.17) is 4.74 Å². The minimum Gasteiger partial charge on any atom is -0.489 e. The van der Waals surface area contributed by atoms with Crippen molar-refractivity contribution in [2.75, 3.05) is 6.26 Å². The number of aryl methyl sites for hydroxylation is 3. The number of aromatic nitrogens is 1. The summed E-state index contributed by atoms with van der Waals surface area (Å²) < 4.78 is 31.9. The van der Waals surface area contributed by atoms with E-state index in [1.165, 1.54) is 16.4 Å². The predicted octanol–water partition coefficient (Wildman–Crippen LogP) is 3.96. The molecule has 29 heavy (non-hydrogen) atoms. The third kappa shape index (κ3) is 4.59. The van der Waals surface area contributed by atoms with E-state index < -0.39 is 9.84 Å². The maximum absolute atomic E-state index is 12.2. The third-order valence-electron chi connectivity index (χ3n) is 5.12. The number of hydrogen-bond acceptors (Lipinski definition) is 4. The fourth-order valence-electron chi connectivity index (χ4n) is 3.20. The Hall–Kier alpha value is -2.86. The van der Waals surface area contributed by atoms with Crippen molar-refractivity contribution in [1.29, 1.82) is 0 Å². The van der Waals surface area contributed by atoms with E-state index in [-0.39, 0.29) is 10.5 Å². The van der Waals surface area contributed by atoms with Crippen LogP contribution in [0.4, 0.5) is 0 Å². The van der Waals surface area contributed by atoms with Gasteiger partial charge in [0.2, 0.25) is 0 Å². The molecule has 0 N–H and O–H groups in total. The summed E-state index contributed by atoms with van der Waals surface area (Å²) in [6.07, 6.45) is 2.87. The molecule has 0 saturated carbocycles. The summed E-state index contributed by atoms with van der Waals surface area (Å²) in [6.45, 7) is 6.17. The van der Waals surface area contributed by atoms with E-state index in [0.29, 0.717) is 23.5 Å². The summed E-state index contributed by atoms with van der Waals surface area (Å²) in [7, 11) is -1.75. The van der Waals surface area contributed by atoms with Gasteiger partial charge in [0.25, 0.3) is 5.56 Å². The van der Waals surface area contributed by atoms with Gasteiger partial charge in [0.1, 0.15) is 12.4 Å². The van der Waals surface area contributed by atoms with Crippen LogP contribution in [0.15, 0.2) is 58.4 Å². The molecule has 0 radical (unpaired) electrons. The van der Waals surface area contributed by atoms with E-state index in [9.17, 15) is 13.2 Å². The van der Waals surface area contributed by atoms with Gasteiger partial charge in [0.05, 0.1) is 4.90 Å². The number of sulfone groups is 1. The van der Waals surface area contributed by atoms with Gasteiger partial charge in [0.15, 0.2) is 9.84 Å². The third-order valence-corrected chi connectivity index (χ3v) is 6.21. The van der Waals surface area contributed by atoms with Crippen molar-refractivity contribution in [1.82, 2.24) is 4.57 Å². The summed E-state index contributed by atoms with van der Waals surface area (Å²) >= 11 is 0. The zero-order valence-electron chi connectivity index (χ0n) is 17.3. The monoisotopic (exact) mass is 411 g/mol. The zero-order chi connectivity index (χ0) is 21.3. The Morgan fingerprint density at radius 2 is 1.69 bits per heavy atom. The van der Waals surface area contributed by atoms with Gasteiger partial charge in [-0.3, -0.25) is 4.79 Å². The first kappa shape index (κ1) is 20.9. The van der Waals surface area contributed by atoms with Crippen molar-refractivity contribution in [2.24, 2.45) is 7.05 Å². The first-order valence-electron chi connectivity index (χ1n) is 9.27. The molecule has 0 aliphatic heterocycles. The maximum Gasteiger partial charge on any atom is 0.253 e. The zero-order valence-corrected chi connectivity index (χ0v) is 18.1. The molecule has 0 fully saturated rings. The van der Waals surface area contributed by atoms with Crippen LogP contribution in [0.1, 0.15) is 22.3 Å². The van der Waals surface area contributed by atoms with Crippen molar-refractivity contribution in [2.45, 2.75) is 32.3 Å². The first-order valence-corrected chi connectivity index (χ1v) is 11.2. The van der Waals surface area contributed by atoms with Gasteiger partial charge in [0, 0.05) is 25.1 Å². The van der Waals surface area contributed by atoms with Crippen molar-refractivity contribution < 1.29 is 13.2 Å². The van der Waals surface area contributed by atoms with Crippen LogP contribution in [0.2, 0.25) is 0 Å². The highest BCUT2D eigenvalue weighted by atomic mass is 32.2. The maximum atomic E-state index is 12.2. The van der Waals surface area contributed by atoms with Crippen LogP contribution in [0.5, 0.6) is 5.75 Å². The Balaban J connectivity index is 2.05. The van der Waals surface area contributed by atoms with Crippen molar-refractivity contribution in [3.05, 3.63) is 81.3 Å². The minimum absolute atomic E-state index is 0.0839. The smallest absolute Gasteiger partial charge is 0.253 e. The molecule has 0 amide bonds. The fourth-order valence-corrected chi connectivity index (χ4v) is 3.87. The van der Waals surface area contributed by atoms with Crippen LogP contribution in [0.25, 0.3) is 11.1 Å². The van der Waals surface area contributed by atoms with Crippen LogP contribution < -0.4 is 10.3 Å². The highest BCUT2D eigenvalue weighted by Crippen LogP contribution is 2.29. The summed E-state index contributed by atoms with van der Waals surface area (Å²) in [5, 5.41) is 0. The molecule has 1 heterocycles. The van der Waals surface area contributed by atoms with Crippen LogP contribution >= 0.6 is 0 Å². The quantitative estimate of drug-likeness (QED) is 0.637. The number of benzene rings is 2. The van der Waals surface area contributed by atoms with Crippen LogP contribution in [0, 0.1) is 20.8 Å². The van der Waals surface area contributed by atoms with Gasteiger partial charge >= 0.3 is 0 Å². The molecule has 0 saturated heterocycles. The Bertz CT molecular complexity index is 1210. The van der Waals surface area contributed by atoms with Gasteiger partial charge in [-0.2, -0.15) is 0 Å². The lowest BCUT2D eigenvalue weighted by molar-refractivity contribution is 0.304. The molecule has 3 rings (SSSR count). The van der Waals surface area contributed by atoms with Crippen LogP contribution in [0.3, 0.4) is 0 Å². The Morgan fingerprint density at radius 1 is 0.966 bits per heavy atom. The fraction of sp³-hybridized carbons (Fsp3) is 0.261. The van der Waals surface area contributed by atoms with E-state index >= 15 is 0 Å². The molecule has 0 aliphatic carbocycles. The van der Waals surface area contributed by atoms with E-state index in [1.54, 1.807) is 44.4 Å². The lowest BCUT2D eigenvalue weighted by Crippen LogP contribution is -2.18. The minimum atomic E-state index is -3.43. The second-order valence-corrected chi connectivity index (χ2v) is 9.46. The second-order valence-electron chi connectivity index (χ2n) is 7.44. The molecule has 1 aromatic heterocycles. The van der Waals surface area contributed by atoms with E-state index in [2.05, 4.69) is 0 Å². The Labute approximate surface area is 171 Å². The highest BCUT2D eigenvalue weighted by molar-refractivity contribution is 7.90. The first-order chi connectivity index (χ1) is 13.6. The molecule has 0 spiro atoms. The largest absolute Gasteiger partial charge is 0.489 e. The molecule has 2 aromatic carbocycles. The molecule has 0 unspecified atom stereocenters. The van der Waals surface area contributed by atoms with E-state index in [1.807, 2.05) is 32.0 Å². The molecule has 6 heteroatoms. The number of rotatable bonds is 5. The normalized spacial score (nSPS) is 11.5. The number of ether oxygens (including phenoxy) is 1. The summed E-state index contributed by atoms with van der Waals surface area (Å²) in [4.78, 5) is 12.2. The lowest BCUT2D eigenvalue weighted by atomic mass is 10.0. The topological polar surface area (TPSA) is 65.4 Å². The Kier molecular flexibility index (Phi) is 5.66. The molecular weight excluding hydrogens is 386 g/mol. The van der Waals surface area contributed by atoms with Crippen molar-refractivity contribution in [3.8, 4) is 16.9 Å². The molecular formula is C23H25NO4S. The van der Waals surface area contributed by atoms with Gasteiger partial charge in [-0.25, -0.2) is 8.42 Å². The average molecular weight is 412 g/mol. The highest BCUT2D eigenvalue weighted by Gasteiger charge is 2.14. The summed E-state index contributed by atoms with van der Waals surface area (Å²) in [5.74, 6) is 0.468. The van der Waals surface area contributed by atoms with Gasteiger partial charge < -0.3 is 9.30 Å². The van der Waals surface area contributed by atoms with Crippen LogP contribution in [-0.2, 0) is 23.5 Å². The summed E-state index contributed by atoms with van der Waals surface area (Å²) in [6, 6.07) is 12.7. The number of hydrogen-bond donors (Lipinski definition) is 0. The molecule has 0 bridgehead atoms. The van der Waals surface area contributed by atoms with Crippen LogP contribution in [-0.4, -0.2) is 19.2 Å². The predicted molar refractivity (Wildman–Crippen MR) is 115 cm³/mol. The SMILES string of the molecule is Cc1cccc(COc2cc(-c3cc(C)c(=O)n(C)c3)cc(S(C)(=O)=O)c2)c1C. The summed E-state index contributed by atoms with van der Waals surface area (Å²) in [5.41, 5.74) is 5.33. The number of pyridine rings is 1. The lowest BCUT2D eigenvalue weighted by Gasteiger charge is -2.14. The standard InChI is InChI=1S/C23H25NO4S/c1-15-7-6-8-18(17(15)3)14-28-21-10-19(11-22(12-21)29(5,26)27)20-9-16(2)23(25)24(4)13-20/h6-13H,14H2,1-5H3. The molecule has 0 atom stereocenters. The molecule has 0 aliphatic rings. The molecule has 152 valence electrons. The second kappa shape index (κ2) is 7.87. The van der Waals surface area contributed by atoms with Crippen molar-refractivity contribution >= 4 is 9.84 Å². The van der Waals surface area contributed by atoms with Gasteiger partial charge in [-0.1, -0.05) is 18.2 Å². The van der Waals surface area contributed by atoms with Gasteiger partial charge in [-0.05, 0) is 72.9 Å². The average Bonchev–Trinajstić information content (AvgIpc) is 2.66. The molecule has 3 aromatic rings. The number of nitrogens with zero attached hydrogens (tertiary/aromatic N) is 1. The van der Waals surface area contributed by atoms with E-state index in [0.717, 1.165) is 16.7 Å². The molecule has 5 nitrogen and oxygen atoms in total. The van der Waals surface area contributed by atoms with Crippen molar-refractivity contribution in [3.63, 3.8) is 0 Å². The van der Waals surface area contributed by atoms with Gasteiger partial charge in [-0.15, -0.1) is 0 Å².